The molecule has 4 heteroatoms. The molecule has 20 heavy (non-hydrogen) atoms. The summed E-state index contributed by atoms with van der Waals surface area (Å²) in [6.07, 6.45) is 2.49. The first-order valence-electron chi connectivity index (χ1n) is 7.59. The van der Waals surface area contributed by atoms with Crippen molar-refractivity contribution in [3.8, 4) is 0 Å². The van der Waals surface area contributed by atoms with Crippen LogP contribution in [0.3, 0.4) is 0 Å². The summed E-state index contributed by atoms with van der Waals surface area (Å²) in [7, 11) is 0. The lowest BCUT2D eigenvalue weighted by molar-refractivity contribution is 0.0710. The Balaban J connectivity index is 1.45. The van der Waals surface area contributed by atoms with Crippen molar-refractivity contribution >= 4 is 15.9 Å². The maximum atomic E-state index is 10.3. The summed E-state index contributed by atoms with van der Waals surface area (Å²) in [5.74, 6) is 0.981. The predicted molar refractivity (Wildman–Crippen MR) is 84.7 cm³/mol. The van der Waals surface area contributed by atoms with Gasteiger partial charge in [0.1, 0.15) is 0 Å². The molecular formula is C16H23BrN2O. The third-order valence-electron chi connectivity index (χ3n) is 4.36. The van der Waals surface area contributed by atoms with E-state index in [2.05, 4.69) is 25.7 Å². The van der Waals surface area contributed by atoms with E-state index in [1.54, 1.807) is 0 Å². The fraction of sp³-hybridized carbons (Fsp3) is 0.625. The summed E-state index contributed by atoms with van der Waals surface area (Å²) >= 11 is 3.43. The van der Waals surface area contributed by atoms with Gasteiger partial charge >= 0.3 is 0 Å². The molecule has 2 aliphatic rings. The zero-order valence-corrected chi connectivity index (χ0v) is 13.4. The summed E-state index contributed by atoms with van der Waals surface area (Å²) < 4.78 is 1.06. The first-order chi connectivity index (χ1) is 9.70. The van der Waals surface area contributed by atoms with Gasteiger partial charge in [-0.05, 0) is 36.5 Å². The fourth-order valence-corrected chi connectivity index (χ4v) is 3.12. The number of halogens is 1. The molecule has 0 radical (unpaired) electrons. The number of aliphatic hydroxyl groups is 1. The number of hydrogen-bond donors (Lipinski definition) is 1. The molecule has 1 saturated carbocycles. The molecule has 0 amide bonds. The minimum Gasteiger partial charge on any atom is -0.387 e. The topological polar surface area (TPSA) is 26.7 Å². The molecule has 1 saturated heterocycles. The molecule has 1 aliphatic carbocycles. The normalized spacial score (nSPS) is 22.9. The minimum absolute atomic E-state index is 0.377. The van der Waals surface area contributed by atoms with Crippen LogP contribution in [0.15, 0.2) is 28.7 Å². The molecule has 0 bridgehead atoms. The second-order valence-corrected chi connectivity index (χ2v) is 7.03. The van der Waals surface area contributed by atoms with E-state index in [1.807, 2.05) is 24.3 Å². The van der Waals surface area contributed by atoms with Crippen molar-refractivity contribution < 1.29 is 5.11 Å². The second-order valence-electron chi connectivity index (χ2n) is 6.11. The number of benzene rings is 1. The Morgan fingerprint density at radius 3 is 2.25 bits per heavy atom. The molecule has 1 aliphatic heterocycles. The van der Waals surface area contributed by atoms with Crippen LogP contribution in [-0.2, 0) is 0 Å². The van der Waals surface area contributed by atoms with Crippen LogP contribution in [0.5, 0.6) is 0 Å². The van der Waals surface area contributed by atoms with Gasteiger partial charge in [-0.3, -0.25) is 4.90 Å². The molecule has 1 aromatic rings. The lowest BCUT2D eigenvalue weighted by Crippen LogP contribution is -2.47. The van der Waals surface area contributed by atoms with E-state index in [0.29, 0.717) is 0 Å². The van der Waals surface area contributed by atoms with Gasteiger partial charge in [0.15, 0.2) is 0 Å². The van der Waals surface area contributed by atoms with Gasteiger partial charge in [0.05, 0.1) is 6.10 Å². The number of piperazine rings is 1. The van der Waals surface area contributed by atoms with Crippen molar-refractivity contribution in [1.29, 1.82) is 0 Å². The molecule has 3 nitrogen and oxygen atoms in total. The van der Waals surface area contributed by atoms with Gasteiger partial charge in [-0.25, -0.2) is 0 Å². The SMILES string of the molecule is OC(CN1CCN(CC2CC2)CC1)c1ccc(Br)cc1. The maximum absolute atomic E-state index is 10.3. The molecule has 3 rings (SSSR count). The average Bonchev–Trinajstić information content (AvgIpc) is 3.26. The Morgan fingerprint density at radius 2 is 1.65 bits per heavy atom. The van der Waals surface area contributed by atoms with Crippen LogP contribution in [0, 0.1) is 5.92 Å². The van der Waals surface area contributed by atoms with Crippen molar-refractivity contribution in [2.24, 2.45) is 5.92 Å². The fourth-order valence-electron chi connectivity index (χ4n) is 2.85. The third kappa shape index (κ3) is 4.04. The van der Waals surface area contributed by atoms with Crippen molar-refractivity contribution in [1.82, 2.24) is 9.80 Å². The number of aliphatic hydroxyl groups excluding tert-OH is 1. The van der Waals surface area contributed by atoms with E-state index in [1.165, 1.54) is 19.4 Å². The van der Waals surface area contributed by atoms with Gasteiger partial charge in [-0.15, -0.1) is 0 Å². The first-order valence-corrected chi connectivity index (χ1v) is 8.38. The van der Waals surface area contributed by atoms with Crippen molar-refractivity contribution in [3.05, 3.63) is 34.3 Å². The van der Waals surface area contributed by atoms with E-state index in [4.69, 9.17) is 0 Å². The van der Waals surface area contributed by atoms with Crippen LogP contribution in [0.25, 0.3) is 0 Å². The highest BCUT2D eigenvalue weighted by atomic mass is 79.9. The quantitative estimate of drug-likeness (QED) is 0.893. The lowest BCUT2D eigenvalue weighted by Gasteiger charge is -2.35. The van der Waals surface area contributed by atoms with Gasteiger partial charge in [0.2, 0.25) is 0 Å². The Labute approximate surface area is 129 Å². The Kier molecular flexibility index (Phi) is 4.76. The second kappa shape index (κ2) is 6.56. The zero-order valence-electron chi connectivity index (χ0n) is 11.8. The molecule has 1 heterocycles. The molecule has 110 valence electrons. The molecule has 1 aromatic carbocycles. The summed E-state index contributed by atoms with van der Waals surface area (Å²) in [4.78, 5) is 4.97. The van der Waals surface area contributed by atoms with Crippen LogP contribution in [0.4, 0.5) is 0 Å². The van der Waals surface area contributed by atoms with E-state index < -0.39 is 0 Å². The Morgan fingerprint density at radius 1 is 1.05 bits per heavy atom. The number of nitrogens with zero attached hydrogens (tertiary/aromatic N) is 2. The molecular weight excluding hydrogens is 316 g/mol. The predicted octanol–water partition coefficient (Wildman–Crippen LogP) is 2.51. The van der Waals surface area contributed by atoms with Crippen LogP contribution in [-0.4, -0.2) is 54.2 Å². The van der Waals surface area contributed by atoms with Crippen LogP contribution < -0.4 is 0 Å². The number of rotatable bonds is 5. The molecule has 2 fully saturated rings. The van der Waals surface area contributed by atoms with E-state index in [9.17, 15) is 5.11 Å². The molecule has 0 spiro atoms. The molecule has 1 unspecified atom stereocenters. The highest BCUT2D eigenvalue weighted by molar-refractivity contribution is 9.10. The van der Waals surface area contributed by atoms with E-state index in [0.717, 1.165) is 48.7 Å². The van der Waals surface area contributed by atoms with E-state index in [-0.39, 0.29) is 6.10 Å². The first kappa shape index (κ1) is 14.5. The van der Waals surface area contributed by atoms with Gasteiger partial charge in [0.25, 0.3) is 0 Å². The summed E-state index contributed by atoms with van der Waals surface area (Å²) in [5.41, 5.74) is 1.01. The average molecular weight is 339 g/mol. The van der Waals surface area contributed by atoms with Crippen molar-refractivity contribution in [2.45, 2.75) is 18.9 Å². The van der Waals surface area contributed by atoms with Gasteiger partial charge in [0, 0.05) is 43.7 Å². The van der Waals surface area contributed by atoms with Crippen LogP contribution in [0.1, 0.15) is 24.5 Å². The highest BCUT2D eigenvalue weighted by Crippen LogP contribution is 2.30. The number of β-amino-alcohol motifs (C(OH)–C–C–N with tert-alkyl or cyclic N) is 1. The van der Waals surface area contributed by atoms with Gasteiger partial charge in [-0.1, -0.05) is 28.1 Å². The maximum Gasteiger partial charge on any atom is 0.0916 e. The van der Waals surface area contributed by atoms with Crippen molar-refractivity contribution in [2.75, 3.05) is 39.3 Å². The standard InChI is InChI=1S/C16H23BrN2O/c17-15-5-3-14(4-6-15)16(20)12-19-9-7-18(8-10-19)11-13-1-2-13/h3-6,13,16,20H,1-2,7-12H2. The molecule has 1 N–H and O–H groups in total. The minimum atomic E-state index is -0.377. The largest absolute Gasteiger partial charge is 0.387 e. The van der Waals surface area contributed by atoms with Crippen molar-refractivity contribution in [3.63, 3.8) is 0 Å². The zero-order chi connectivity index (χ0) is 13.9. The highest BCUT2D eigenvalue weighted by Gasteiger charge is 2.26. The van der Waals surface area contributed by atoms with Crippen LogP contribution >= 0.6 is 15.9 Å². The summed E-state index contributed by atoms with van der Waals surface area (Å²) in [6.45, 7) is 6.52. The lowest BCUT2D eigenvalue weighted by atomic mass is 10.1. The Bertz CT molecular complexity index is 425. The van der Waals surface area contributed by atoms with Gasteiger partial charge in [-0.2, -0.15) is 0 Å². The third-order valence-corrected chi connectivity index (χ3v) is 4.89. The smallest absolute Gasteiger partial charge is 0.0916 e. The molecule has 0 aromatic heterocycles. The van der Waals surface area contributed by atoms with Crippen LogP contribution in [0.2, 0.25) is 0 Å². The molecule has 1 atom stereocenters. The summed E-state index contributed by atoms with van der Waals surface area (Å²) in [5, 5.41) is 10.3. The van der Waals surface area contributed by atoms with Gasteiger partial charge < -0.3 is 10.0 Å². The Hall–Kier alpha value is -0.420. The van der Waals surface area contributed by atoms with E-state index >= 15 is 0 Å². The number of hydrogen-bond acceptors (Lipinski definition) is 3. The monoisotopic (exact) mass is 338 g/mol. The summed E-state index contributed by atoms with van der Waals surface area (Å²) in [6, 6.07) is 7.98.